The summed E-state index contributed by atoms with van der Waals surface area (Å²) >= 11 is 0. The maximum atomic E-state index is 2.75. The van der Waals surface area contributed by atoms with Crippen molar-refractivity contribution < 1.29 is 0 Å². The van der Waals surface area contributed by atoms with Crippen LogP contribution in [0.1, 0.15) is 45.4 Å². The molecule has 1 unspecified atom stereocenters. The normalized spacial score (nSPS) is 33.2. The number of hydrogen-bond acceptors (Lipinski definition) is 1. The van der Waals surface area contributed by atoms with Gasteiger partial charge in [0, 0.05) is 12.6 Å². The molecule has 0 amide bonds. The molecule has 1 heteroatoms. The molecule has 0 radical (unpaired) electrons. The molecule has 1 nitrogen and oxygen atoms in total. The summed E-state index contributed by atoms with van der Waals surface area (Å²) in [5.74, 6) is 1.02. The smallest absolute Gasteiger partial charge is 0.00953 e. The Morgan fingerprint density at radius 3 is 2.50 bits per heavy atom. The maximum Gasteiger partial charge on any atom is 0.00953 e. The fourth-order valence-corrected chi connectivity index (χ4v) is 2.80. The van der Waals surface area contributed by atoms with Crippen molar-refractivity contribution in [3.63, 3.8) is 0 Å². The Morgan fingerprint density at radius 1 is 1.17 bits per heavy atom. The highest BCUT2D eigenvalue weighted by Gasteiger charge is 2.28. The van der Waals surface area contributed by atoms with Crippen molar-refractivity contribution in [3.8, 4) is 0 Å². The number of rotatable bonds is 2. The first-order chi connectivity index (χ1) is 5.90. The van der Waals surface area contributed by atoms with Crippen molar-refractivity contribution in [2.75, 3.05) is 13.1 Å². The molecule has 0 aromatic carbocycles. The highest BCUT2D eigenvalue weighted by Crippen LogP contribution is 2.29. The second-order valence-corrected chi connectivity index (χ2v) is 4.50. The minimum Gasteiger partial charge on any atom is -0.300 e. The lowest BCUT2D eigenvalue weighted by Crippen LogP contribution is -2.30. The van der Waals surface area contributed by atoms with Crippen molar-refractivity contribution in [1.82, 2.24) is 4.90 Å². The van der Waals surface area contributed by atoms with Crippen LogP contribution in [0.5, 0.6) is 0 Å². The minimum absolute atomic E-state index is 0.974. The van der Waals surface area contributed by atoms with E-state index in [2.05, 4.69) is 11.8 Å². The molecule has 2 aliphatic rings. The molecule has 1 heterocycles. The average Bonchev–Trinajstić information content (AvgIpc) is 2.75. The molecular weight excluding hydrogens is 146 g/mol. The van der Waals surface area contributed by atoms with Crippen LogP contribution < -0.4 is 0 Å². The summed E-state index contributed by atoms with van der Waals surface area (Å²) in [7, 11) is 0. The van der Waals surface area contributed by atoms with Crippen molar-refractivity contribution in [2.45, 2.75) is 51.5 Å². The third kappa shape index (κ3) is 1.66. The Hall–Kier alpha value is -0.0400. The Balaban J connectivity index is 1.81. The van der Waals surface area contributed by atoms with E-state index in [-0.39, 0.29) is 0 Å². The molecule has 0 aromatic rings. The molecule has 0 N–H and O–H groups in total. The Kier molecular flexibility index (Phi) is 2.69. The van der Waals surface area contributed by atoms with Gasteiger partial charge in [0.05, 0.1) is 0 Å². The van der Waals surface area contributed by atoms with Crippen LogP contribution in [-0.4, -0.2) is 24.0 Å². The third-order valence-electron chi connectivity index (χ3n) is 3.74. The second kappa shape index (κ2) is 3.78. The number of hydrogen-bond donors (Lipinski definition) is 0. The Morgan fingerprint density at radius 2 is 1.92 bits per heavy atom. The molecular formula is C11H21N. The van der Waals surface area contributed by atoms with Gasteiger partial charge in [0.1, 0.15) is 0 Å². The van der Waals surface area contributed by atoms with Gasteiger partial charge in [-0.05, 0) is 31.7 Å². The predicted octanol–water partition coefficient (Wildman–Crippen LogP) is 2.66. The molecule has 1 saturated heterocycles. The summed E-state index contributed by atoms with van der Waals surface area (Å²) < 4.78 is 0. The molecule has 12 heavy (non-hydrogen) atoms. The fraction of sp³-hybridized carbons (Fsp3) is 1.00. The van der Waals surface area contributed by atoms with Gasteiger partial charge in [-0.15, -0.1) is 0 Å². The SMILES string of the molecule is CCC1CCN(C2CCCC2)C1. The lowest BCUT2D eigenvalue weighted by molar-refractivity contribution is 0.236. The highest BCUT2D eigenvalue weighted by molar-refractivity contribution is 4.83. The van der Waals surface area contributed by atoms with Gasteiger partial charge in [0.2, 0.25) is 0 Å². The Bertz CT molecular complexity index is 138. The van der Waals surface area contributed by atoms with E-state index in [1.54, 1.807) is 0 Å². The topological polar surface area (TPSA) is 3.24 Å². The molecule has 1 saturated carbocycles. The quantitative estimate of drug-likeness (QED) is 0.611. The molecule has 1 atom stereocenters. The van der Waals surface area contributed by atoms with Gasteiger partial charge in [-0.2, -0.15) is 0 Å². The fourth-order valence-electron chi connectivity index (χ4n) is 2.80. The molecule has 0 spiro atoms. The molecule has 0 aromatic heterocycles. The van der Waals surface area contributed by atoms with Gasteiger partial charge >= 0.3 is 0 Å². The summed E-state index contributed by atoms with van der Waals surface area (Å²) in [5.41, 5.74) is 0. The van der Waals surface area contributed by atoms with Crippen molar-refractivity contribution in [3.05, 3.63) is 0 Å². The van der Waals surface area contributed by atoms with E-state index in [1.165, 1.54) is 51.6 Å². The van der Waals surface area contributed by atoms with Crippen LogP contribution in [0.2, 0.25) is 0 Å². The first kappa shape index (κ1) is 8.55. The lowest BCUT2D eigenvalue weighted by Gasteiger charge is -2.23. The van der Waals surface area contributed by atoms with Crippen LogP contribution in [-0.2, 0) is 0 Å². The molecule has 1 aliphatic carbocycles. The van der Waals surface area contributed by atoms with E-state index in [4.69, 9.17) is 0 Å². The summed E-state index contributed by atoms with van der Waals surface area (Å²) in [4.78, 5) is 2.75. The summed E-state index contributed by atoms with van der Waals surface area (Å²) in [6, 6.07) is 0.974. The summed E-state index contributed by atoms with van der Waals surface area (Å²) in [6.07, 6.45) is 8.79. The first-order valence-electron chi connectivity index (χ1n) is 5.64. The zero-order valence-electron chi connectivity index (χ0n) is 8.26. The molecule has 1 aliphatic heterocycles. The van der Waals surface area contributed by atoms with Gasteiger partial charge in [0.25, 0.3) is 0 Å². The van der Waals surface area contributed by atoms with Crippen LogP contribution in [0.15, 0.2) is 0 Å². The van der Waals surface area contributed by atoms with E-state index in [9.17, 15) is 0 Å². The molecule has 2 fully saturated rings. The predicted molar refractivity (Wildman–Crippen MR) is 52.2 cm³/mol. The van der Waals surface area contributed by atoms with E-state index < -0.39 is 0 Å². The van der Waals surface area contributed by atoms with Gasteiger partial charge in [0.15, 0.2) is 0 Å². The maximum absolute atomic E-state index is 2.75. The summed E-state index contributed by atoms with van der Waals surface area (Å²) in [6.45, 7) is 5.13. The molecule has 0 bridgehead atoms. The van der Waals surface area contributed by atoms with Gasteiger partial charge < -0.3 is 4.90 Å². The van der Waals surface area contributed by atoms with E-state index in [1.807, 2.05) is 0 Å². The van der Waals surface area contributed by atoms with Crippen LogP contribution in [0, 0.1) is 5.92 Å². The van der Waals surface area contributed by atoms with Crippen LogP contribution in [0.25, 0.3) is 0 Å². The molecule has 70 valence electrons. The van der Waals surface area contributed by atoms with Crippen LogP contribution in [0.3, 0.4) is 0 Å². The van der Waals surface area contributed by atoms with Gasteiger partial charge in [-0.1, -0.05) is 26.2 Å². The lowest BCUT2D eigenvalue weighted by atomic mass is 10.1. The number of nitrogens with zero attached hydrogens (tertiary/aromatic N) is 1. The zero-order chi connectivity index (χ0) is 8.39. The third-order valence-corrected chi connectivity index (χ3v) is 3.74. The summed E-state index contributed by atoms with van der Waals surface area (Å²) in [5, 5.41) is 0. The number of likely N-dealkylation sites (tertiary alicyclic amines) is 1. The second-order valence-electron chi connectivity index (χ2n) is 4.50. The standard InChI is InChI=1S/C11H21N/c1-2-10-7-8-12(9-10)11-5-3-4-6-11/h10-11H,2-9H2,1H3. The van der Waals surface area contributed by atoms with E-state index in [0.29, 0.717) is 0 Å². The van der Waals surface area contributed by atoms with E-state index in [0.717, 1.165) is 12.0 Å². The average molecular weight is 167 g/mol. The monoisotopic (exact) mass is 167 g/mol. The van der Waals surface area contributed by atoms with Crippen molar-refractivity contribution in [2.24, 2.45) is 5.92 Å². The van der Waals surface area contributed by atoms with Crippen molar-refractivity contribution >= 4 is 0 Å². The molecule has 2 rings (SSSR count). The highest BCUT2D eigenvalue weighted by atomic mass is 15.2. The van der Waals surface area contributed by atoms with Gasteiger partial charge in [-0.25, -0.2) is 0 Å². The minimum atomic E-state index is 0.974. The largest absolute Gasteiger partial charge is 0.300 e. The Labute approximate surface area is 76.1 Å². The van der Waals surface area contributed by atoms with Crippen molar-refractivity contribution in [1.29, 1.82) is 0 Å². The van der Waals surface area contributed by atoms with Crippen LogP contribution in [0.4, 0.5) is 0 Å². The first-order valence-corrected chi connectivity index (χ1v) is 5.64. The zero-order valence-corrected chi connectivity index (χ0v) is 8.26. The van der Waals surface area contributed by atoms with E-state index >= 15 is 0 Å². The van der Waals surface area contributed by atoms with Gasteiger partial charge in [-0.3, -0.25) is 0 Å². The van der Waals surface area contributed by atoms with Crippen LogP contribution >= 0.6 is 0 Å².